The summed E-state index contributed by atoms with van der Waals surface area (Å²) in [5, 5.41) is 0. The maximum absolute atomic E-state index is 2.29. The quantitative estimate of drug-likeness (QED) is 0.141. The van der Waals surface area contributed by atoms with Crippen LogP contribution in [-0.4, -0.2) is 9.13 Å². The predicted octanol–water partition coefficient (Wildman–Crippen LogP) is -2.45. The lowest BCUT2D eigenvalue weighted by molar-refractivity contribution is -0.671. The Hall–Kier alpha value is -0.120. The predicted molar refractivity (Wildman–Crippen MR) is 97.4 cm³/mol. The van der Waals surface area contributed by atoms with Gasteiger partial charge < -0.3 is 48.0 Å². The molecule has 0 unspecified atom stereocenters. The fourth-order valence-corrected chi connectivity index (χ4v) is 3.27. The SMILES string of the molecule is C[n+]1ccn(CCCCCCCCCCCCn2cc[n+](C)c2)c1.[I-].[I-]. The van der Waals surface area contributed by atoms with E-state index in [2.05, 4.69) is 69.8 Å². The third-order valence-electron chi connectivity index (χ3n) is 4.73. The van der Waals surface area contributed by atoms with Gasteiger partial charge in [0.2, 0.25) is 12.7 Å². The van der Waals surface area contributed by atoms with Crippen LogP contribution in [0.5, 0.6) is 0 Å². The minimum absolute atomic E-state index is 0. The Morgan fingerprint density at radius 2 is 0.846 bits per heavy atom. The fourth-order valence-electron chi connectivity index (χ4n) is 3.27. The zero-order chi connectivity index (χ0) is 17.0. The van der Waals surface area contributed by atoms with E-state index in [9.17, 15) is 0 Å². The zero-order valence-electron chi connectivity index (χ0n) is 16.5. The highest BCUT2D eigenvalue weighted by atomic mass is 127. The summed E-state index contributed by atoms with van der Waals surface area (Å²) in [6, 6.07) is 0. The maximum atomic E-state index is 2.29. The lowest BCUT2D eigenvalue weighted by Crippen LogP contribution is -3.00. The number of aryl methyl sites for hydroxylation is 4. The molecule has 0 aromatic carbocycles. The van der Waals surface area contributed by atoms with Crippen LogP contribution in [0.25, 0.3) is 0 Å². The highest BCUT2D eigenvalue weighted by Gasteiger charge is 2.00. The third kappa shape index (κ3) is 11.6. The smallest absolute Gasteiger partial charge is 0.243 e. The van der Waals surface area contributed by atoms with Crippen LogP contribution >= 0.6 is 0 Å². The van der Waals surface area contributed by atoms with Gasteiger partial charge >= 0.3 is 0 Å². The van der Waals surface area contributed by atoms with Crippen molar-refractivity contribution >= 4 is 0 Å². The molecule has 0 N–H and O–H groups in total. The first-order valence-electron chi connectivity index (χ1n) is 9.76. The summed E-state index contributed by atoms with van der Waals surface area (Å²) in [6.45, 7) is 2.33. The summed E-state index contributed by atoms with van der Waals surface area (Å²) in [6.07, 6.45) is 26.7. The lowest BCUT2D eigenvalue weighted by Gasteiger charge is -2.02. The van der Waals surface area contributed by atoms with Crippen molar-refractivity contribution in [2.24, 2.45) is 14.1 Å². The van der Waals surface area contributed by atoms with E-state index in [0.29, 0.717) is 0 Å². The third-order valence-corrected chi connectivity index (χ3v) is 4.73. The molecule has 2 aromatic heterocycles. The number of aromatic nitrogens is 4. The van der Waals surface area contributed by atoms with E-state index in [0.717, 1.165) is 0 Å². The summed E-state index contributed by atoms with van der Waals surface area (Å²) in [5.41, 5.74) is 0. The molecule has 0 atom stereocenters. The molecular weight excluding hydrogens is 550 g/mol. The van der Waals surface area contributed by atoms with Crippen LogP contribution in [0.1, 0.15) is 64.2 Å². The molecule has 150 valence electrons. The van der Waals surface area contributed by atoms with Gasteiger partial charge in [-0.15, -0.1) is 0 Å². The molecule has 0 aliphatic rings. The van der Waals surface area contributed by atoms with Crippen LogP contribution in [0.2, 0.25) is 0 Å². The number of hydrogen-bond acceptors (Lipinski definition) is 0. The van der Waals surface area contributed by atoms with Crippen molar-refractivity contribution in [3.05, 3.63) is 37.4 Å². The molecule has 0 aliphatic carbocycles. The Kier molecular flexibility index (Phi) is 15.8. The molecule has 0 aliphatic heterocycles. The van der Waals surface area contributed by atoms with Crippen molar-refractivity contribution in [2.75, 3.05) is 0 Å². The minimum Gasteiger partial charge on any atom is -1.00 e. The number of unbranched alkanes of at least 4 members (excludes halogenated alkanes) is 9. The molecule has 0 spiro atoms. The summed E-state index contributed by atoms with van der Waals surface area (Å²) < 4.78 is 8.79. The fraction of sp³-hybridized carbons (Fsp3) is 0.700. The van der Waals surface area contributed by atoms with Crippen LogP contribution in [0.3, 0.4) is 0 Å². The van der Waals surface area contributed by atoms with Crippen LogP contribution < -0.4 is 57.1 Å². The van der Waals surface area contributed by atoms with Gasteiger partial charge in [0.1, 0.15) is 24.8 Å². The summed E-state index contributed by atoms with van der Waals surface area (Å²) >= 11 is 0. The van der Waals surface area contributed by atoms with E-state index >= 15 is 0 Å². The second-order valence-electron chi connectivity index (χ2n) is 7.17. The van der Waals surface area contributed by atoms with Gasteiger partial charge in [0.05, 0.1) is 27.2 Å². The highest BCUT2D eigenvalue weighted by molar-refractivity contribution is 4.66. The molecular formula is C20H36I2N4. The number of rotatable bonds is 13. The Morgan fingerprint density at radius 3 is 1.12 bits per heavy atom. The molecule has 4 nitrogen and oxygen atoms in total. The molecule has 0 fully saturated rings. The van der Waals surface area contributed by atoms with Crippen molar-refractivity contribution in [1.82, 2.24) is 9.13 Å². The second-order valence-corrected chi connectivity index (χ2v) is 7.17. The first kappa shape index (κ1) is 25.9. The largest absolute Gasteiger partial charge is 1.00 e. The van der Waals surface area contributed by atoms with Crippen molar-refractivity contribution in [3.8, 4) is 0 Å². The maximum Gasteiger partial charge on any atom is 0.243 e. The van der Waals surface area contributed by atoms with Gasteiger partial charge in [-0.25, -0.2) is 18.3 Å². The minimum atomic E-state index is 0. The molecule has 2 heterocycles. The van der Waals surface area contributed by atoms with Gasteiger partial charge in [-0.3, -0.25) is 0 Å². The van der Waals surface area contributed by atoms with Crippen molar-refractivity contribution in [3.63, 3.8) is 0 Å². The van der Waals surface area contributed by atoms with E-state index in [1.165, 1.54) is 77.3 Å². The number of nitrogens with zero attached hydrogens (tertiary/aromatic N) is 4. The highest BCUT2D eigenvalue weighted by Crippen LogP contribution is 2.11. The molecule has 6 heteroatoms. The average molecular weight is 586 g/mol. The van der Waals surface area contributed by atoms with Crippen LogP contribution in [0.15, 0.2) is 37.4 Å². The Balaban J connectivity index is 0.00000312. The first-order chi connectivity index (χ1) is 11.7. The summed E-state index contributed by atoms with van der Waals surface area (Å²) in [5.74, 6) is 0. The standard InChI is InChI=1S/C20H36N4.2HI/c1-21-15-17-23(19-21)13-11-9-7-5-3-4-6-8-10-12-14-24-18-16-22(2)20-24;;/h15-20H,3-14H2,1-2H3;2*1H/q+2;;/p-2. The molecule has 0 amide bonds. The zero-order valence-corrected chi connectivity index (χ0v) is 20.8. The van der Waals surface area contributed by atoms with Gasteiger partial charge in [-0.05, 0) is 25.7 Å². The van der Waals surface area contributed by atoms with Crippen LogP contribution in [0, 0.1) is 0 Å². The molecule has 0 saturated carbocycles. The second kappa shape index (κ2) is 15.9. The van der Waals surface area contributed by atoms with Crippen molar-refractivity contribution in [1.29, 1.82) is 0 Å². The molecule has 2 aromatic rings. The molecule has 2 rings (SSSR count). The van der Waals surface area contributed by atoms with E-state index in [-0.39, 0.29) is 48.0 Å². The molecule has 0 saturated heterocycles. The van der Waals surface area contributed by atoms with Gasteiger partial charge in [-0.1, -0.05) is 38.5 Å². The van der Waals surface area contributed by atoms with E-state index in [1.54, 1.807) is 0 Å². The Labute approximate surface area is 194 Å². The number of halogens is 2. The monoisotopic (exact) mass is 586 g/mol. The number of hydrogen-bond donors (Lipinski definition) is 0. The normalized spacial score (nSPS) is 10.4. The number of imidazole rings is 2. The van der Waals surface area contributed by atoms with Crippen LogP contribution in [-0.2, 0) is 27.2 Å². The Morgan fingerprint density at radius 1 is 0.538 bits per heavy atom. The molecule has 0 radical (unpaired) electrons. The Bertz CT molecular complexity index is 515. The van der Waals surface area contributed by atoms with Gasteiger partial charge in [0.25, 0.3) is 0 Å². The lowest BCUT2D eigenvalue weighted by atomic mass is 10.1. The van der Waals surface area contributed by atoms with E-state index < -0.39 is 0 Å². The molecule has 26 heavy (non-hydrogen) atoms. The van der Waals surface area contributed by atoms with Gasteiger partial charge in [0, 0.05) is 0 Å². The van der Waals surface area contributed by atoms with Crippen molar-refractivity contribution < 1.29 is 57.1 Å². The first-order valence-corrected chi connectivity index (χ1v) is 9.76. The van der Waals surface area contributed by atoms with E-state index in [4.69, 9.17) is 0 Å². The van der Waals surface area contributed by atoms with E-state index in [1.807, 2.05) is 0 Å². The molecule has 0 bridgehead atoms. The average Bonchev–Trinajstić information content (AvgIpc) is 3.17. The van der Waals surface area contributed by atoms with Gasteiger partial charge in [0.15, 0.2) is 0 Å². The topological polar surface area (TPSA) is 17.6 Å². The van der Waals surface area contributed by atoms with Crippen molar-refractivity contribution in [2.45, 2.75) is 77.3 Å². The van der Waals surface area contributed by atoms with Gasteiger partial charge in [-0.2, -0.15) is 0 Å². The summed E-state index contributed by atoms with van der Waals surface area (Å²) in [7, 11) is 4.16. The summed E-state index contributed by atoms with van der Waals surface area (Å²) in [4.78, 5) is 0. The van der Waals surface area contributed by atoms with Crippen LogP contribution in [0.4, 0.5) is 0 Å².